The molecule has 5 nitrogen and oxygen atoms in total. The van der Waals surface area contributed by atoms with Gasteiger partial charge in [-0.25, -0.2) is 9.98 Å². The van der Waals surface area contributed by atoms with Gasteiger partial charge in [-0.15, -0.1) is 0 Å². The summed E-state index contributed by atoms with van der Waals surface area (Å²) in [6, 6.07) is 21.8. The van der Waals surface area contributed by atoms with E-state index in [1.165, 1.54) is 0 Å². The van der Waals surface area contributed by atoms with Crippen molar-refractivity contribution < 1.29 is 9.47 Å². The molecule has 0 aliphatic carbocycles. The van der Waals surface area contributed by atoms with Crippen molar-refractivity contribution in [2.24, 2.45) is 9.98 Å². The van der Waals surface area contributed by atoms with Crippen molar-refractivity contribution >= 4 is 23.0 Å². The highest BCUT2D eigenvalue weighted by atomic mass is 16.5. The highest BCUT2D eigenvalue weighted by molar-refractivity contribution is 6.19. The van der Waals surface area contributed by atoms with E-state index in [0.29, 0.717) is 23.2 Å². The first-order valence-electron chi connectivity index (χ1n) is 9.01. The van der Waals surface area contributed by atoms with Crippen LogP contribution in [-0.4, -0.2) is 25.9 Å². The summed E-state index contributed by atoms with van der Waals surface area (Å²) < 4.78 is 10.8. The number of rotatable bonds is 4. The average Bonchev–Trinajstić information content (AvgIpc) is 2.93. The average molecular weight is 371 g/mol. The summed E-state index contributed by atoms with van der Waals surface area (Å²) in [5.41, 5.74) is 4.76. The van der Waals surface area contributed by atoms with Gasteiger partial charge >= 0.3 is 0 Å². The monoisotopic (exact) mass is 371 g/mol. The van der Waals surface area contributed by atoms with Crippen molar-refractivity contribution in [2.45, 2.75) is 6.92 Å². The molecule has 3 aromatic carbocycles. The number of aryl methyl sites for hydroxylation is 1. The second kappa shape index (κ2) is 7.56. The summed E-state index contributed by atoms with van der Waals surface area (Å²) in [7, 11) is 3.25. The molecule has 0 aromatic heterocycles. The van der Waals surface area contributed by atoms with Crippen molar-refractivity contribution in [2.75, 3.05) is 19.5 Å². The van der Waals surface area contributed by atoms with Crippen LogP contribution < -0.4 is 14.8 Å². The van der Waals surface area contributed by atoms with E-state index >= 15 is 0 Å². The predicted molar refractivity (Wildman–Crippen MR) is 114 cm³/mol. The summed E-state index contributed by atoms with van der Waals surface area (Å²) in [5.74, 6) is 2.68. The molecule has 140 valence electrons. The van der Waals surface area contributed by atoms with Crippen LogP contribution in [0.5, 0.6) is 11.5 Å². The van der Waals surface area contributed by atoms with Gasteiger partial charge in [0.25, 0.3) is 0 Å². The van der Waals surface area contributed by atoms with Gasteiger partial charge < -0.3 is 14.8 Å². The molecule has 5 heteroatoms. The standard InChI is InChI=1S/C23H21N3O2/c1-15-9-11-18-19(13-15)25-23(17-10-12-20(27-2)21(14-17)28-3)26-22(24-18)16-7-5-4-6-8-16/h4-14H,1-3H3,(H,24,25,26). The minimum Gasteiger partial charge on any atom is -0.493 e. The third-order valence-corrected chi connectivity index (χ3v) is 4.54. The van der Waals surface area contributed by atoms with Crippen molar-refractivity contribution in [1.29, 1.82) is 0 Å². The van der Waals surface area contributed by atoms with Gasteiger partial charge in [-0.2, -0.15) is 0 Å². The lowest BCUT2D eigenvalue weighted by atomic mass is 10.1. The maximum absolute atomic E-state index is 5.46. The number of nitrogens with zero attached hydrogens (tertiary/aromatic N) is 2. The molecule has 0 radical (unpaired) electrons. The summed E-state index contributed by atoms with van der Waals surface area (Å²) in [4.78, 5) is 9.66. The molecule has 0 bridgehead atoms. The zero-order valence-electron chi connectivity index (χ0n) is 16.1. The second-order valence-electron chi connectivity index (χ2n) is 6.48. The molecule has 0 amide bonds. The van der Waals surface area contributed by atoms with E-state index in [9.17, 15) is 0 Å². The molecule has 0 saturated carbocycles. The van der Waals surface area contributed by atoms with Crippen LogP contribution in [0.15, 0.2) is 76.7 Å². The van der Waals surface area contributed by atoms with Crippen molar-refractivity contribution in [3.8, 4) is 11.5 Å². The Kier molecular flexibility index (Phi) is 4.81. The fraction of sp³-hybridized carbons (Fsp3) is 0.130. The number of ether oxygens (including phenoxy) is 2. The molecule has 0 spiro atoms. The van der Waals surface area contributed by atoms with E-state index in [1.807, 2.05) is 60.7 Å². The minimum atomic E-state index is 0.649. The van der Waals surface area contributed by atoms with Crippen molar-refractivity contribution in [3.05, 3.63) is 83.4 Å². The molecule has 1 aliphatic heterocycles. The van der Waals surface area contributed by atoms with E-state index < -0.39 is 0 Å². The van der Waals surface area contributed by atoms with Gasteiger partial charge in [0.1, 0.15) is 5.84 Å². The Balaban J connectivity index is 1.87. The van der Waals surface area contributed by atoms with Gasteiger partial charge in [0.05, 0.1) is 25.6 Å². The highest BCUT2D eigenvalue weighted by Crippen LogP contribution is 2.32. The maximum atomic E-state index is 5.46. The Morgan fingerprint density at radius 2 is 1.54 bits per heavy atom. The fourth-order valence-corrected chi connectivity index (χ4v) is 3.08. The first-order chi connectivity index (χ1) is 13.7. The predicted octanol–water partition coefficient (Wildman–Crippen LogP) is 4.96. The van der Waals surface area contributed by atoms with Crippen LogP contribution in [0.25, 0.3) is 0 Å². The molecule has 3 aromatic rings. The van der Waals surface area contributed by atoms with Crippen LogP contribution in [0.2, 0.25) is 0 Å². The highest BCUT2D eigenvalue weighted by Gasteiger charge is 2.17. The lowest BCUT2D eigenvalue weighted by Crippen LogP contribution is -2.15. The smallest absolute Gasteiger partial charge is 0.162 e. The van der Waals surface area contributed by atoms with E-state index in [0.717, 1.165) is 28.1 Å². The van der Waals surface area contributed by atoms with Crippen LogP contribution in [0.1, 0.15) is 16.7 Å². The van der Waals surface area contributed by atoms with Gasteiger partial charge in [0, 0.05) is 11.1 Å². The van der Waals surface area contributed by atoms with Gasteiger partial charge in [0.15, 0.2) is 17.3 Å². The van der Waals surface area contributed by atoms with Crippen LogP contribution in [0, 0.1) is 6.92 Å². The number of amidine groups is 2. The number of nitrogens with one attached hydrogen (secondary N) is 1. The summed E-state index contributed by atoms with van der Waals surface area (Å²) >= 11 is 0. The molecular formula is C23H21N3O2. The first kappa shape index (κ1) is 17.8. The Bertz CT molecular complexity index is 1070. The number of fused-ring (bicyclic) bond motifs is 1. The van der Waals surface area contributed by atoms with Crippen LogP contribution in [0.4, 0.5) is 11.4 Å². The molecular weight excluding hydrogens is 350 g/mol. The third kappa shape index (κ3) is 3.47. The molecule has 0 saturated heterocycles. The zero-order valence-corrected chi connectivity index (χ0v) is 16.1. The number of methoxy groups -OCH3 is 2. The number of aliphatic imine (C=N–C) groups is 2. The minimum absolute atomic E-state index is 0.649. The normalized spacial score (nSPS) is 12.8. The molecule has 0 fully saturated rings. The molecule has 0 unspecified atom stereocenters. The summed E-state index contributed by atoms with van der Waals surface area (Å²) in [6.07, 6.45) is 0. The first-order valence-corrected chi connectivity index (χ1v) is 9.01. The quantitative estimate of drug-likeness (QED) is 0.705. The fourth-order valence-electron chi connectivity index (χ4n) is 3.08. The SMILES string of the molecule is COc1ccc(C2=NC(c3ccccc3)=Nc3ccc(C)cc3N2)cc1OC. The summed E-state index contributed by atoms with van der Waals surface area (Å²) in [5, 5.41) is 3.44. The zero-order chi connectivity index (χ0) is 19.5. The van der Waals surface area contributed by atoms with E-state index in [1.54, 1.807) is 14.2 Å². The number of benzene rings is 3. The van der Waals surface area contributed by atoms with Crippen LogP contribution in [-0.2, 0) is 0 Å². The molecule has 1 N–H and O–H groups in total. The molecule has 1 heterocycles. The van der Waals surface area contributed by atoms with E-state index in [-0.39, 0.29) is 0 Å². The third-order valence-electron chi connectivity index (χ3n) is 4.54. The van der Waals surface area contributed by atoms with Crippen molar-refractivity contribution in [1.82, 2.24) is 0 Å². The Morgan fingerprint density at radius 3 is 2.29 bits per heavy atom. The topological polar surface area (TPSA) is 55.2 Å². The van der Waals surface area contributed by atoms with Gasteiger partial charge in [-0.3, -0.25) is 0 Å². The molecule has 0 atom stereocenters. The van der Waals surface area contributed by atoms with Crippen LogP contribution in [0.3, 0.4) is 0 Å². The van der Waals surface area contributed by atoms with Gasteiger partial charge in [-0.05, 0) is 42.8 Å². The molecule has 28 heavy (non-hydrogen) atoms. The lowest BCUT2D eigenvalue weighted by molar-refractivity contribution is 0.355. The molecule has 4 rings (SSSR count). The number of hydrogen-bond acceptors (Lipinski definition) is 5. The number of anilines is 1. The van der Waals surface area contributed by atoms with Crippen LogP contribution >= 0.6 is 0 Å². The summed E-state index contributed by atoms with van der Waals surface area (Å²) in [6.45, 7) is 2.06. The maximum Gasteiger partial charge on any atom is 0.162 e. The number of hydrogen-bond donors (Lipinski definition) is 1. The lowest BCUT2D eigenvalue weighted by Gasteiger charge is -2.13. The van der Waals surface area contributed by atoms with Crippen molar-refractivity contribution in [3.63, 3.8) is 0 Å². The largest absolute Gasteiger partial charge is 0.493 e. The van der Waals surface area contributed by atoms with Gasteiger partial charge in [0.2, 0.25) is 0 Å². The van der Waals surface area contributed by atoms with E-state index in [2.05, 4.69) is 18.3 Å². The Morgan fingerprint density at radius 1 is 0.750 bits per heavy atom. The molecule has 1 aliphatic rings. The van der Waals surface area contributed by atoms with E-state index in [4.69, 9.17) is 19.5 Å². The van der Waals surface area contributed by atoms with Gasteiger partial charge in [-0.1, -0.05) is 36.4 Å². The Hall–Kier alpha value is -3.60. The Labute approximate surface area is 164 Å². The second-order valence-corrected chi connectivity index (χ2v) is 6.48.